The summed E-state index contributed by atoms with van der Waals surface area (Å²) in [6.07, 6.45) is 9.25. The zero-order valence-electron chi connectivity index (χ0n) is 10.0. The van der Waals surface area contributed by atoms with Crippen molar-refractivity contribution in [3.8, 4) is 12.3 Å². The van der Waals surface area contributed by atoms with Gasteiger partial charge in [-0.3, -0.25) is 4.79 Å². The van der Waals surface area contributed by atoms with Crippen molar-refractivity contribution in [3.63, 3.8) is 0 Å². The van der Waals surface area contributed by atoms with Crippen LogP contribution in [0.3, 0.4) is 0 Å². The minimum absolute atomic E-state index is 0.471. The van der Waals surface area contributed by atoms with Crippen molar-refractivity contribution in [2.75, 3.05) is 19.6 Å². The Kier molecular flexibility index (Phi) is 4.82. The molecular weight excluding hydrogens is 202 g/mol. The standard InChI is InChI=1S/C13H21NO2/c1-3-5-9-14-10-7-13(6-4-2,8-11-14)12(15)16/h1H,4-11H2,2H3,(H,15,16). The first kappa shape index (κ1) is 13.1. The number of hydrogen-bond acceptors (Lipinski definition) is 2. The molecule has 16 heavy (non-hydrogen) atoms. The number of nitrogens with zero attached hydrogens (tertiary/aromatic N) is 1. The van der Waals surface area contributed by atoms with E-state index in [1.165, 1.54) is 0 Å². The number of carbonyl (C=O) groups is 1. The molecule has 0 radical (unpaired) electrons. The van der Waals surface area contributed by atoms with Crippen LogP contribution in [-0.2, 0) is 4.79 Å². The van der Waals surface area contributed by atoms with Crippen LogP contribution in [0.4, 0.5) is 0 Å². The molecule has 0 aromatic rings. The molecular formula is C13H21NO2. The molecule has 0 aromatic carbocycles. The summed E-state index contributed by atoms with van der Waals surface area (Å²) in [6.45, 7) is 4.69. The van der Waals surface area contributed by atoms with E-state index in [2.05, 4.69) is 17.7 Å². The van der Waals surface area contributed by atoms with Crippen LogP contribution in [0.5, 0.6) is 0 Å². The maximum absolute atomic E-state index is 11.3. The lowest BCUT2D eigenvalue weighted by Crippen LogP contribution is -2.44. The van der Waals surface area contributed by atoms with Crippen LogP contribution in [0.1, 0.15) is 39.0 Å². The summed E-state index contributed by atoms with van der Waals surface area (Å²) in [5.41, 5.74) is -0.471. The van der Waals surface area contributed by atoms with Gasteiger partial charge in [-0.05, 0) is 32.4 Å². The van der Waals surface area contributed by atoms with Crippen molar-refractivity contribution in [2.24, 2.45) is 5.41 Å². The molecule has 3 nitrogen and oxygen atoms in total. The molecule has 1 heterocycles. The van der Waals surface area contributed by atoms with E-state index in [1.807, 2.05) is 0 Å². The van der Waals surface area contributed by atoms with E-state index in [-0.39, 0.29) is 0 Å². The fourth-order valence-electron chi connectivity index (χ4n) is 2.48. The Morgan fingerprint density at radius 1 is 1.50 bits per heavy atom. The molecule has 1 fully saturated rings. The second-order valence-electron chi connectivity index (χ2n) is 4.63. The SMILES string of the molecule is C#CCCN1CCC(CCC)(C(=O)O)CC1. The van der Waals surface area contributed by atoms with Crippen LogP contribution in [0.2, 0.25) is 0 Å². The second kappa shape index (κ2) is 5.91. The van der Waals surface area contributed by atoms with Gasteiger partial charge in [0.2, 0.25) is 0 Å². The Balaban J connectivity index is 2.50. The molecule has 1 aliphatic heterocycles. The highest BCUT2D eigenvalue weighted by Gasteiger charge is 2.40. The predicted molar refractivity (Wildman–Crippen MR) is 64.1 cm³/mol. The van der Waals surface area contributed by atoms with Crippen LogP contribution in [0.25, 0.3) is 0 Å². The molecule has 0 bridgehead atoms. The molecule has 0 atom stereocenters. The van der Waals surface area contributed by atoms with Gasteiger partial charge in [0.25, 0.3) is 0 Å². The quantitative estimate of drug-likeness (QED) is 0.724. The third-order valence-electron chi connectivity index (χ3n) is 3.57. The molecule has 90 valence electrons. The zero-order chi connectivity index (χ0) is 12.0. The number of terminal acetylenes is 1. The Morgan fingerprint density at radius 3 is 2.56 bits per heavy atom. The van der Waals surface area contributed by atoms with E-state index in [1.54, 1.807) is 0 Å². The number of piperidine rings is 1. The maximum Gasteiger partial charge on any atom is 0.309 e. The minimum Gasteiger partial charge on any atom is -0.481 e. The highest BCUT2D eigenvalue weighted by atomic mass is 16.4. The average molecular weight is 223 g/mol. The van der Waals surface area contributed by atoms with Gasteiger partial charge in [0, 0.05) is 13.0 Å². The summed E-state index contributed by atoms with van der Waals surface area (Å²) in [6, 6.07) is 0. The summed E-state index contributed by atoms with van der Waals surface area (Å²) in [5, 5.41) is 9.33. The number of rotatable bonds is 5. The Morgan fingerprint density at radius 2 is 2.12 bits per heavy atom. The van der Waals surface area contributed by atoms with Gasteiger partial charge in [0.05, 0.1) is 5.41 Å². The van der Waals surface area contributed by atoms with Crippen molar-refractivity contribution in [3.05, 3.63) is 0 Å². The first-order chi connectivity index (χ1) is 7.64. The largest absolute Gasteiger partial charge is 0.481 e. The molecule has 1 saturated heterocycles. The zero-order valence-corrected chi connectivity index (χ0v) is 10.0. The lowest BCUT2D eigenvalue weighted by atomic mass is 9.75. The van der Waals surface area contributed by atoms with Crippen molar-refractivity contribution in [1.82, 2.24) is 4.90 Å². The van der Waals surface area contributed by atoms with Gasteiger partial charge in [-0.1, -0.05) is 13.3 Å². The maximum atomic E-state index is 11.3. The lowest BCUT2D eigenvalue weighted by molar-refractivity contribution is -0.152. The van der Waals surface area contributed by atoms with Crippen molar-refractivity contribution < 1.29 is 9.90 Å². The van der Waals surface area contributed by atoms with E-state index in [0.717, 1.165) is 51.7 Å². The number of carboxylic acid groups (broad SMARTS) is 1. The third-order valence-corrected chi connectivity index (χ3v) is 3.57. The van der Waals surface area contributed by atoms with Crippen LogP contribution >= 0.6 is 0 Å². The molecule has 0 unspecified atom stereocenters. The van der Waals surface area contributed by atoms with Gasteiger partial charge in [-0.25, -0.2) is 0 Å². The highest BCUT2D eigenvalue weighted by molar-refractivity contribution is 5.74. The summed E-state index contributed by atoms with van der Waals surface area (Å²) >= 11 is 0. The predicted octanol–water partition coefficient (Wildman–Crippen LogP) is 1.98. The van der Waals surface area contributed by atoms with Gasteiger partial charge >= 0.3 is 5.97 Å². The molecule has 1 N–H and O–H groups in total. The highest BCUT2D eigenvalue weighted by Crippen LogP contribution is 2.36. The fourth-order valence-corrected chi connectivity index (χ4v) is 2.48. The van der Waals surface area contributed by atoms with E-state index in [0.29, 0.717) is 0 Å². The first-order valence-electron chi connectivity index (χ1n) is 6.04. The van der Waals surface area contributed by atoms with Crippen LogP contribution in [0, 0.1) is 17.8 Å². The van der Waals surface area contributed by atoms with Crippen LogP contribution in [-0.4, -0.2) is 35.6 Å². The molecule has 0 aliphatic carbocycles. The van der Waals surface area contributed by atoms with Crippen molar-refractivity contribution >= 4 is 5.97 Å². The van der Waals surface area contributed by atoms with E-state index in [4.69, 9.17) is 6.42 Å². The monoisotopic (exact) mass is 223 g/mol. The minimum atomic E-state index is -0.619. The second-order valence-corrected chi connectivity index (χ2v) is 4.63. The molecule has 0 amide bonds. The first-order valence-corrected chi connectivity index (χ1v) is 6.04. The number of hydrogen-bond donors (Lipinski definition) is 1. The summed E-state index contributed by atoms with van der Waals surface area (Å²) in [7, 11) is 0. The van der Waals surface area contributed by atoms with Crippen LogP contribution in [0.15, 0.2) is 0 Å². The third kappa shape index (κ3) is 2.99. The molecule has 0 aromatic heterocycles. The number of aliphatic carboxylic acids is 1. The van der Waals surface area contributed by atoms with Gasteiger partial charge in [-0.2, -0.15) is 0 Å². The smallest absolute Gasteiger partial charge is 0.309 e. The van der Waals surface area contributed by atoms with Gasteiger partial charge in [-0.15, -0.1) is 12.3 Å². The topological polar surface area (TPSA) is 40.5 Å². The van der Waals surface area contributed by atoms with Gasteiger partial charge in [0.15, 0.2) is 0 Å². The summed E-state index contributed by atoms with van der Waals surface area (Å²) in [5.74, 6) is 2.01. The van der Waals surface area contributed by atoms with E-state index in [9.17, 15) is 9.90 Å². The van der Waals surface area contributed by atoms with Crippen molar-refractivity contribution in [1.29, 1.82) is 0 Å². The van der Waals surface area contributed by atoms with E-state index >= 15 is 0 Å². The van der Waals surface area contributed by atoms with Gasteiger partial charge < -0.3 is 10.0 Å². The molecule has 1 rings (SSSR count). The Hall–Kier alpha value is -1.01. The lowest BCUT2D eigenvalue weighted by Gasteiger charge is -2.38. The number of carboxylic acids is 1. The number of likely N-dealkylation sites (tertiary alicyclic amines) is 1. The average Bonchev–Trinajstić information content (AvgIpc) is 2.28. The molecule has 3 heteroatoms. The normalized spacial score (nSPS) is 20.2. The fraction of sp³-hybridized carbons (Fsp3) is 0.769. The summed E-state index contributed by atoms with van der Waals surface area (Å²) < 4.78 is 0. The molecule has 0 spiro atoms. The van der Waals surface area contributed by atoms with Crippen LogP contribution < -0.4 is 0 Å². The Bertz CT molecular complexity index is 272. The van der Waals surface area contributed by atoms with Gasteiger partial charge in [0.1, 0.15) is 0 Å². The molecule has 0 saturated carbocycles. The summed E-state index contributed by atoms with van der Waals surface area (Å²) in [4.78, 5) is 13.6. The van der Waals surface area contributed by atoms with Crippen molar-refractivity contribution in [2.45, 2.75) is 39.0 Å². The Labute approximate surface area is 97.8 Å². The van der Waals surface area contributed by atoms with E-state index < -0.39 is 11.4 Å². The molecule has 1 aliphatic rings.